The van der Waals surface area contributed by atoms with E-state index in [0.717, 1.165) is 17.8 Å². The first-order valence-corrected chi connectivity index (χ1v) is 11.1. The van der Waals surface area contributed by atoms with Crippen molar-refractivity contribution in [1.82, 2.24) is 0 Å². The van der Waals surface area contributed by atoms with Crippen LogP contribution in [0.25, 0.3) is 0 Å². The molecule has 0 spiro atoms. The normalized spacial score (nSPS) is 34.0. The maximum atomic E-state index is 9.87. The van der Waals surface area contributed by atoms with Gasteiger partial charge in [-0.15, -0.1) is 0 Å². The summed E-state index contributed by atoms with van der Waals surface area (Å²) in [5.41, 5.74) is 0.0378. The molecule has 24 heavy (non-hydrogen) atoms. The van der Waals surface area contributed by atoms with Gasteiger partial charge in [0, 0.05) is 0 Å². The zero-order chi connectivity index (χ0) is 17.3. The summed E-state index contributed by atoms with van der Waals surface area (Å²) < 4.78 is 0. The van der Waals surface area contributed by atoms with E-state index in [2.05, 4.69) is 19.9 Å². The van der Waals surface area contributed by atoms with Crippen molar-refractivity contribution in [1.29, 1.82) is 5.26 Å². The molecule has 2 unspecified atom stereocenters. The quantitative estimate of drug-likeness (QED) is 0.398. The third kappa shape index (κ3) is 5.79. The molecule has 2 fully saturated rings. The van der Waals surface area contributed by atoms with Gasteiger partial charge in [-0.2, -0.15) is 5.26 Å². The number of nitriles is 1. The molecule has 0 N–H and O–H groups in total. The molecule has 0 heterocycles. The third-order valence-electron chi connectivity index (χ3n) is 7.15. The van der Waals surface area contributed by atoms with Crippen LogP contribution in [0.3, 0.4) is 0 Å². The van der Waals surface area contributed by atoms with E-state index in [1.54, 1.807) is 0 Å². The lowest BCUT2D eigenvalue weighted by molar-refractivity contribution is 0.102. The van der Waals surface area contributed by atoms with Crippen molar-refractivity contribution in [2.24, 2.45) is 23.2 Å². The second-order valence-electron chi connectivity index (χ2n) is 8.98. The van der Waals surface area contributed by atoms with Crippen molar-refractivity contribution in [2.45, 2.75) is 117 Å². The Morgan fingerprint density at radius 1 is 0.875 bits per heavy atom. The van der Waals surface area contributed by atoms with E-state index in [0.29, 0.717) is 0 Å². The van der Waals surface area contributed by atoms with Gasteiger partial charge in [0.1, 0.15) is 0 Å². The van der Waals surface area contributed by atoms with Crippen LogP contribution >= 0.6 is 0 Å². The Bertz CT molecular complexity index is 374. The van der Waals surface area contributed by atoms with Crippen molar-refractivity contribution in [3.05, 3.63) is 0 Å². The Morgan fingerprint density at radius 2 is 1.58 bits per heavy atom. The highest BCUT2D eigenvalue weighted by Gasteiger charge is 2.39. The van der Waals surface area contributed by atoms with E-state index in [1.165, 1.54) is 103 Å². The Labute approximate surface area is 151 Å². The van der Waals surface area contributed by atoms with E-state index >= 15 is 0 Å². The fraction of sp³-hybridized carbons (Fsp3) is 0.957. The lowest BCUT2D eigenvalue weighted by atomic mass is 9.62. The molecule has 0 aliphatic heterocycles. The van der Waals surface area contributed by atoms with Crippen LogP contribution < -0.4 is 0 Å². The van der Waals surface area contributed by atoms with Gasteiger partial charge in [0.15, 0.2) is 0 Å². The molecule has 1 heteroatoms. The van der Waals surface area contributed by atoms with Crippen LogP contribution in [0.2, 0.25) is 0 Å². The zero-order valence-electron chi connectivity index (χ0n) is 16.5. The summed E-state index contributed by atoms with van der Waals surface area (Å²) in [6.45, 7) is 4.57. The SMILES string of the molecule is CCCCCC1CCC(C2CCCC(C#N)(CCCCC)C2)CC1. The number of rotatable bonds is 9. The van der Waals surface area contributed by atoms with Crippen molar-refractivity contribution >= 4 is 0 Å². The Balaban J connectivity index is 1.79. The van der Waals surface area contributed by atoms with Gasteiger partial charge in [-0.25, -0.2) is 0 Å². The first-order chi connectivity index (χ1) is 11.7. The first kappa shape index (κ1) is 19.8. The second-order valence-corrected chi connectivity index (χ2v) is 8.98. The topological polar surface area (TPSA) is 23.8 Å². The van der Waals surface area contributed by atoms with Gasteiger partial charge in [0.2, 0.25) is 0 Å². The maximum Gasteiger partial charge on any atom is 0.0689 e. The summed E-state index contributed by atoms with van der Waals surface area (Å²) >= 11 is 0. The van der Waals surface area contributed by atoms with Crippen LogP contribution in [-0.4, -0.2) is 0 Å². The van der Waals surface area contributed by atoms with Crippen LogP contribution in [-0.2, 0) is 0 Å². The Morgan fingerprint density at radius 3 is 2.25 bits per heavy atom. The van der Waals surface area contributed by atoms with Crippen molar-refractivity contribution in [2.75, 3.05) is 0 Å². The van der Waals surface area contributed by atoms with Gasteiger partial charge in [-0.05, 0) is 49.9 Å². The largest absolute Gasteiger partial charge is 0.198 e. The smallest absolute Gasteiger partial charge is 0.0689 e. The van der Waals surface area contributed by atoms with E-state index in [4.69, 9.17) is 0 Å². The average Bonchev–Trinajstić information content (AvgIpc) is 2.63. The molecule has 2 rings (SSSR count). The fourth-order valence-corrected chi connectivity index (χ4v) is 5.54. The first-order valence-electron chi connectivity index (χ1n) is 11.1. The van der Waals surface area contributed by atoms with Gasteiger partial charge < -0.3 is 0 Å². The highest BCUT2D eigenvalue weighted by atomic mass is 14.5. The van der Waals surface area contributed by atoms with Crippen LogP contribution in [0.15, 0.2) is 0 Å². The van der Waals surface area contributed by atoms with E-state index in [1.807, 2.05) is 0 Å². The molecule has 0 bridgehead atoms. The summed E-state index contributed by atoms with van der Waals surface area (Å²) in [7, 11) is 0. The van der Waals surface area contributed by atoms with Gasteiger partial charge >= 0.3 is 0 Å². The average molecular weight is 332 g/mol. The van der Waals surface area contributed by atoms with E-state index < -0.39 is 0 Å². The molecule has 2 aliphatic rings. The van der Waals surface area contributed by atoms with Gasteiger partial charge in [0.25, 0.3) is 0 Å². The van der Waals surface area contributed by atoms with E-state index in [9.17, 15) is 5.26 Å². The van der Waals surface area contributed by atoms with Crippen molar-refractivity contribution < 1.29 is 0 Å². The summed E-state index contributed by atoms with van der Waals surface area (Å²) in [6.07, 6.45) is 21.7. The van der Waals surface area contributed by atoms with Crippen LogP contribution in [0.5, 0.6) is 0 Å². The molecule has 0 saturated heterocycles. The molecule has 0 amide bonds. The number of nitrogens with zero attached hydrogens (tertiary/aromatic N) is 1. The second kappa shape index (κ2) is 10.5. The third-order valence-corrected chi connectivity index (χ3v) is 7.15. The molecule has 2 atom stereocenters. The number of unbranched alkanes of at least 4 members (excludes halogenated alkanes) is 4. The molecule has 1 nitrogen and oxygen atoms in total. The Kier molecular flexibility index (Phi) is 8.65. The monoisotopic (exact) mass is 331 g/mol. The molecule has 0 aromatic carbocycles. The predicted octanol–water partition coefficient (Wildman–Crippen LogP) is 7.65. The molecule has 2 saturated carbocycles. The summed E-state index contributed by atoms with van der Waals surface area (Å²) in [4.78, 5) is 0. The molecule has 0 aromatic rings. The molecule has 0 radical (unpaired) electrons. The molecule has 0 aromatic heterocycles. The fourth-order valence-electron chi connectivity index (χ4n) is 5.54. The lowest BCUT2D eigenvalue weighted by Crippen LogP contribution is -2.32. The predicted molar refractivity (Wildman–Crippen MR) is 104 cm³/mol. The van der Waals surface area contributed by atoms with Gasteiger partial charge in [-0.1, -0.05) is 84.5 Å². The van der Waals surface area contributed by atoms with Gasteiger partial charge in [0.05, 0.1) is 11.5 Å². The number of hydrogen-bond donors (Lipinski definition) is 0. The lowest BCUT2D eigenvalue weighted by Gasteiger charge is -2.42. The highest BCUT2D eigenvalue weighted by molar-refractivity contribution is 5.03. The summed E-state index contributed by atoms with van der Waals surface area (Å²) in [6, 6.07) is 2.79. The van der Waals surface area contributed by atoms with Crippen molar-refractivity contribution in [3.63, 3.8) is 0 Å². The van der Waals surface area contributed by atoms with Crippen LogP contribution in [0, 0.1) is 34.5 Å². The van der Waals surface area contributed by atoms with Crippen LogP contribution in [0.4, 0.5) is 0 Å². The molecular weight excluding hydrogens is 290 g/mol. The van der Waals surface area contributed by atoms with Crippen LogP contribution in [0.1, 0.15) is 117 Å². The van der Waals surface area contributed by atoms with Gasteiger partial charge in [-0.3, -0.25) is 0 Å². The van der Waals surface area contributed by atoms with Crippen molar-refractivity contribution in [3.8, 4) is 6.07 Å². The Hall–Kier alpha value is -0.510. The molecular formula is C23H41N. The summed E-state index contributed by atoms with van der Waals surface area (Å²) in [5, 5.41) is 9.87. The highest BCUT2D eigenvalue weighted by Crippen LogP contribution is 2.48. The van der Waals surface area contributed by atoms with E-state index in [-0.39, 0.29) is 5.41 Å². The minimum atomic E-state index is 0.0378. The summed E-state index contributed by atoms with van der Waals surface area (Å²) in [5.74, 6) is 2.81. The number of hydrogen-bond acceptors (Lipinski definition) is 1. The standard InChI is InChI=1S/C23H41N/c1-3-5-7-10-20-12-14-21(15-13-20)22-11-9-17-23(18-22,19-24)16-8-6-4-2/h20-22H,3-18H2,1-2H3. The zero-order valence-corrected chi connectivity index (χ0v) is 16.5. The molecule has 2 aliphatic carbocycles. The maximum absolute atomic E-state index is 9.87. The minimum absolute atomic E-state index is 0.0378. The molecule has 138 valence electrons. The minimum Gasteiger partial charge on any atom is -0.198 e.